The summed E-state index contributed by atoms with van der Waals surface area (Å²) in [5, 5.41) is 8.75. The number of aliphatic carboxylic acids is 1. The van der Waals surface area contributed by atoms with Crippen molar-refractivity contribution in [2.75, 3.05) is 20.3 Å². The molecule has 0 aromatic heterocycles. The molecule has 2 rings (SSSR count). The van der Waals surface area contributed by atoms with Crippen LogP contribution in [-0.2, 0) is 9.59 Å². The standard InChI is InChI=1S/C16H17NO5S2/c1-3-22-12-8-10(4-5-11(12)21-2)9-13-15(20)17(16(23)24-13)7-6-14(18)19/h4-5,8-9H,3,6-7H2,1-2H3,(H,18,19)/b13-9+. The molecule has 1 saturated heterocycles. The molecule has 24 heavy (non-hydrogen) atoms. The van der Waals surface area contributed by atoms with Crippen molar-refractivity contribution in [1.82, 2.24) is 4.90 Å². The number of hydrogen-bond donors (Lipinski definition) is 1. The van der Waals surface area contributed by atoms with Crippen LogP contribution in [0.25, 0.3) is 6.08 Å². The molecule has 0 saturated carbocycles. The summed E-state index contributed by atoms with van der Waals surface area (Å²) in [6.45, 7) is 2.45. The van der Waals surface area contributed by atoms with Crippen molar-refractivity contribution in [3.8, 4) is 11.5 Å². The Kier molecular flexibility index (Phi) is 6.22. The molecular weight excluding hydrogens is 350 g/mol. The lowest BCUT2D eigenvalue weighted by molar-refractivity contribution is -0.137. The van der Waals surface area contributed by atoms with E-state index in [1.54, 1.807) is 25.3 Å². The highest BCUT2D eigenvalue weighted by Crippen LogP contribution is 2.34. The molecule has 8 heteroatoms. The molecule has 1 aromatic rings. The smallest absolute Gasteiger partial charge is 0.305 e. The average Bonchev–Trinajstić information content (AvgIpc) is 2.80. The van der Waals surface area contributed by atoms with Crippen LogP contribution in [0.3, 0.4) is 0 Å². The van der Waals surface area contributed by atoms with Crippen LogP contribution in [-0.4, -0.2) is 46.5 Å². The summed E-state index contributed by atoms with van der Waals surface area (Å²) in [5.41, 5.74) is 0.776. The number of carbonyl (C=O) groups excluding carboxylic acids is 1. The fraction of sp³-hybridized carbons (Fsp3) is 0.312. The number of carbonyl (C=O) groups is 2. The van der Waals surface area contributed by atoms with Gasteiger partial charge in [-0.2, -0.15) is 0 Å². The molecule has 1 heterocycles. The zero-order chi connectivity index (χ0) is 17.7. The van der Waals surface area contributed by atoms with Crippen LogP contribution < -0.4 is 9.47 Å². The number of ether oxygens (including phenoxy) is 2. The van der Waals surface area contributed by atoms with Gasteiger partial charge in [-0.3, -0.25) is 14.5 Å². The lowest BCUT2D eigenvalue weighted by atomic mass is 10.2. The Labute approximate surface area is 149 Å². The van der Waals surface area contributed by atoms with E-state index >= 15 is 0 Å². The number of thiocarbonyl (C=S) groups is 1. The first kappa shape index (κ1) is 18.3. The zero-order valence-corrected chi connectivity index (χ0v) is 14.9. The molecule has 0 radical (unpaired) electrons. The Hall–Kier alpha value is -2.06. The van der Waals surface area contributed by atoms with Gasteiger partial charge >= 0.3 is 5.97 Å². The van der Waals surface area contributed by atoms with E-state index in [0.717, 1.165) is 17.3 Å². The van der Waals surface area contributed by atoms with Gasteiger partial charge in [-0.15, -0.1) is 0 Å². The van der Waals surface area contributed by atoms with Crippen LogP contribution in [0.5, 0.6) is 11.5 Å². The van der Waals surface area contributed by atoms with E-state index in [1.165, 1.54) is 4.90 Å². The summed E-state index contributed by atoms with van der Waals surface area (Å²) in [6.07, 6.45) is 1.57. The maximum absolute atomic E-state index is 12.4. The normalized spacial score (nSPS) is 15.9. The predicted molar refractivity (Wildman–Crippen MR) is 96.3 cm³/mol. The molecule has 1 N–H and O–H groups in total. The molecule has 1 aliphatic rings. The van der Waals surface area contributed by atoms with Crippen molar-refractivity contribution in [3.05, 3.63) is 28.7 Å². The molecule has 1 amide bonds. The second kappa shape index (κ2) is 8.16. The van der Waals surface area contributed by atoms with Crippen LogP contribution in [0.15, 0.2) is 23.1 Å². The van der Waals surface area contributed by atoms with Gasteiger partial charge in [-0.25, -0.2) is 0 Å². The largest absolute Gasteiger partial charge is 0.493 e. The number of nitrogens with zero attached hydrogens (tertiary/aromatic N) is 1. The van der Waals surface area contributed by atoms with E-state index in [-0.39, 0.29) is 18.9 Å². The molecule has 1 fully saturated rings. The molecule has 1 aliphatic heterocycles. The van der Waals surface area contributed by atoms with Gasteiger partial charge in [0.25, 0.3) is 5.91 Å². The van der Waals surface area contributed by atoms with Gasteiger partial charge in [-0.1, -0.05) is 30.0 Å². The van der Waals surface area contributed by atoms with Crippen LogP contribution in [0.4, 0.5) is 0 Å². The quantitative estimate of drug-likeness (QED) is 0.586. The Morgan fingerprint density at radius 2 is 2.17 bits per heavy atom. The maximum atomic E-state index is 12.4. The summed E-state index contributed by atoms with van der Waals surface area (Å²) < 4.78 is 11.1. The lowest BCUT2D eigenvalue weighted by Gasteiger charge is -2.12. The molecule has 0 spiro atoms. The number of benzene rings is 1. The third-order valence-electron chi connectivity index (χ3n) is 3.21. The van der Waals surface area contributed by atoms with E-state index in [2.05, 4.69) is 0 Å². The Morgan fingerprint density at radius 3 is 2.79 bits per heavy atom. The van der Waals surface area contributed by atoms with E-state index < -0.39 is 5.97 Å². The van der Waals surface area contributed by atoms with Crippen LogP contribution >= 0.6 is 24.0 Å². The van der Waals surface area contributed by atoms with Gasteiger partial charge < -0.3 is 14.6 Å². The van der Waals surface area contributed by atoms with Crippen molar-refractivity contribution in [3.63, 3.8) is 0 Å². The summed E-state index contributed by atoms with van der Waals surface area (Å²) >= 11 is 6.32. The molecule has 0 bridgehead atoms. The topological polar surface area (TPSA) is 76.1 Å². The van der Waals surface area contributed by atoms with Gasteiger partial charge in [0, 0.05) is 6.54 Å². The van der Waals surface area contributed by atoms with Crippen molar-refractivity contribution in [1.29, 1.82) is 0 Å². The zero-order valence-electron chi connectivity index (χ0n) is 13.3. The number of methoxy groups -OCH3 is 1. The fourth-order valence-electron chi connectivity index (χ4n) is 2.10. The van der Waals surface area contributed by atoms with E-state index in [0.29, 0.717) is 27.3 Å². The molecule has 1 aromatic carbocycles. The minimum Gasteiger partial charge on any atom is -0.493 e. The molecule has 0 unspecified atom stereocenters. The third kappa shape index (κ3) is 4.27. The highest BCUT2D eigenvalue weighted by molar-refractivity contribution is 8.26. The number of carboxylic acids is 1. The molecule has 6 nitrogen and oxygen atoms in total. The first-order chi connectivity index (χ1) is 11.5. The average molecular weight is 367 g/mol. The van der Waals surface area contributed by atoms with E-state index in [9.17, 15) is 9.59 Å². The SMILES string of the molecule is CCOc1cc(/C=C2/SC(=S)N(CCC(=O)O)C2=O)ccc1OC. The van der Waals surface area contributed by atoms with E-state index in [4.69, 9.17) is 26.8 Å². The summed E-state index contributed by atoms with van der Waals surface area (Å²) in [5.74, 6) is -0.0392. The van der Waals surface area contributed by atoms with Crippen molar-refractivity contribution < 1.29 is 24.2 Å². The number of amides is 1. The minimum absolute atomic E-state index is 0.0736. The number of thioether (sulfide) groups is 1. The Balaban J connectivity index is 2.22. The monoisotopic (exact) mass is 367 g/mol. The van der Waals surface area contributed by atoms with Crippen molar-refractivity contribution in [2.45, 2.75) is 13.3 Å². The summed E-state index contributed by atoms with van der Waals surface area (Å²) in [4.78, 5) is 24.8. The van der Waals surface area contributed by atoms with Crippen LogP contribution in [0, 0.1) is 0 Å². The Bertz CT molecular complexity index is 702. The molecule has 0 aliphatic carbocycles. The van der Waals surface area contributed by atoms with Crippen molar-refractivity contribution >= 4 is 46.3 Å². The van der Waals surface area contributed by atoms with E-state index in [1.807, 2.05) is 13.0 Å². The Morgan fingerprint density at radius 1 is 1.42 bits per heavy atom. The van der Waals surface area contributed by atoms with Gasteiger partial charge in [0.2, 0.25) is 0 Å². The summed E-state index contributed by atoms with van der Waals surface area (Å²) in [6, 6.07) is 5.36. The van der Waals surface area contributed by atoms with Crippen LogP contribution in [0.2, 0.25) is 0 Å². The lowest BCUT2D eigenvalue weighted by Crippen LogP contribution is -2.30. The van der Waals surface area contributed by atoms with Crippen LogP contribution in [0.1, 0.15) is 18.9 Å². The predicted octanol–water partition coefficient (Wildman–Crippen LogP) is 2.77. The highest BCUT2D eigenvalue weighted by Gasteiger charge is 2.32. The minimum atomic E-state index is -0.968. The molecule has 0 atom stereocenters. The first-order valence-electron chi connectivity index (χ1n) is 7.24. The highest BCUT2D eigenvalue weighted by atomic mass is 32.2. The second-order valence-electron chi connectivity index (χ2n) is 4.82. The maximum Gasteiger partial charge on any atom is 0.305 e. The number of rotatable bonds is 7. The van der Waals surface area contributed by atoms with Crippen molar-refractivity contribution in [2.24, 2.45) is 0 Å². The first-order valence-corrected chi connectivity index (χ1v) is 8.46. The molecule has 128 valence electrons. The third-order valence-corrected chi connectivity index (χ3v) is 4.59. The van der Waals surface area contributed by atoms with Gasteiger partial charge in [0.05, 0.1) is 25.0 Å². The van der Waals surface area contributed by atoms with Gasteiger partial charge in [0.1, 0.15) is 4.32 Å². The fourth-order valence-corrected chi connectivity index (χ4v) is 3.41. The van der Waals surface area contributed by atoms with Gasteiger partial charge in [-0.05, 0) is 30.7 Å². The molecular formula is C16H17NO5S2. The van der Waals surface area contributed by atoms with Gasteiger partial charge in [0.15, 0.2) is 11.5 Å². The number of carboxylic acid groups (broad SMARTS) is 1. The number of hydrogen-bond acceptors (Lipinski definition) is 6. The second-order valence-corrected chi connectivity index (χ2v) is 6.50. The summed E-state index contributed by atoms with van der Waals surface area (Å²) in [7, 11) is 1.56.